The first-order valence-corrected chi connectivity index (χ1v) is 10.5. The number of alkyl halides is 3. The molecule has 0 saturated carbocycles. The van der Waals surface area contributed by atoms with Crippen LogP contribution >= 0.6 is 11.8 Å². The van der Waals surface area contributed by atoms with E-state index < -0.39 is 17.7 Å². The Kier molecular flexibility index (Phi) is 6.91. The summed E-state index contributed by atoms with van der Waals surface area (Å²) in [4.78, 5) is 28.8. The summed E-state index contributed by atoms with van der Waals surface area (Å²) in [7, 11) is 0. The van der Waals surface area contributed by atoms with Gasteiger partial charge in [0, 0.05) is 36.8 Å². The fraction of sp³-hybridized carbons (Fsp3) is 0.333. The van der Waals surface area contributed by atoms with E-state index >= 15 is 0 Å². The number of thioether (sulfide) groups is 1. The van der Waals surface area contributed by atoms with Gasteiger partial charge in [-0.1, -0.05) is 18.2 Å². The predicted molar refractivity (Wildman–Crippen MR) is 109 cm³/mol. The molecule has 2 aromatic rings. The second-order valence-corrected chi connectivity index (χ2v) is 7.54. The number of rotatable bonds is 5. The summed E-state index contributed by atoms with van der Waals surface area (Å²) < 4.78 is 43.9. The molecule has 1 amide bonds. The maximum atomic E-state index is 12.9. The minimum atomic E-state index is -4.40. The molecule has 0 atom stereocenters. The van der Waals surface area contributed by atoms with Gasteiger partial charge in [-0.05, 0) is 36.6 Å². The largest absolute Gasteiger partial charge is 0.452 e. The molecular weight excluding hydrogens is 417 g/mol. The van der Waals surface area contributed by atoms with Gasteiger partial charge in [0.05, 0.1) is 11.1 Å². The van der Waals surface area contributed by atoms with Gasteiger partial charge < -0.3 is 14.5 Å². The smallest absolute Gasteiger partial charge is 0.416 e. The van der Waals surface area contributed by atoms with E-state index in [9.17, 15) is 22.8 Å². The molecule has 0 unspecified atom stereocenters. The molecule has 9 heteroatoms. The third-order valence-electron chi connectivity index (χ3n) is 4.82. The number of carbonyl (C=O) groups excluding carboxylic acids is 2. The molecule has 1 saturated heterocycles. The van der Waals surface area contributed by atoms with Crippen LogP contribution in [0, 0.1) is 0 Å². The number of hydrogen-bond donors (Lipinski definition) is 0. The molecule has 0 aliphatic carbocycles. The molecule has 1 aliphatic rings. The van der Waals surface area contributed by atoms with Crippen molar-refractivity contribution >= 4 is 29.3 Å². The van der Waals surface area contributed by atoms with Crippen molar-refractivity contribution in [3.8, 4) is 0 Å². The number of halogens is 3. The van der Waals surface area contributed by atoms with Crippen molar-refractivity contribution in [2.24, 2.45) is 0 Å². The number of amides is 1. The van der Waals surface area contributed by atoms with Gasteiger partial charge in [-0.2, -0.15) is 13.2 Å². The highest BCUT2D eigenvalue weighted by Crippen LogP contribution is 2.31. The average molecular weight is 438 g/mol. The normalized spacial score (nSPS) is 14.5. The Morgan fingerprint density at radius 1 is 1.03 bits per heavy atom. The number of nitrogens with zero attached hydrogens (tertiary/aromatic N) is 2. The molecule has 0 spiro atoms. The molecule has 2 aromatic carbocycles. The van der Waals surface area contributed by atoms with Crippen LogP contribution < -0.4 is 4.90 Å². The fourth-order valence-electron chi connectivity index (χ4n) is 3.20. The summed E-state index contributed by atoms with van der Waals surface area (Å²) in [6.07, 6.45) is -2.55. The van der Waals surface area contributed by atoms with Crippen molar-refractivity contribution in [2.45, 2.75) is 11.1 Å². The molecule has 5 nitrogen and oxygen atoms in total. The first kappa shape index (κ1) is 22.0. The number of hydrogen-bond acceptors (Lipinski definition) is 5. The Hall–Kier alpha value is -2.68. The van der Waals surface area contributed by atoms with Crippen molar-refractivity contribution in [3.05, 3.63) is 59.7 Å². The Bertz CT molecular complexity index is 912. The molecule has 1 fully saturated rings. The summed E-state index contributed by atoms with van der Waals surface area (Å²) in [6.45, 7) is 1.11. The van der Waals surface area contributed by atoms with Crippen LogP contribution in [-0.2, 0) is 15.7 Å². The van der Waals surface area contributed by atoms with Gasteiger partial charge in [0.25, 0.3) is 5.91 Å². The molecule has 3 rings (SSSR count). The molecule has 30 heavy (non-hydrogen) atoms. The number of ether oxygens (including phenoxy) is 1. The van der Waals surface area contributed by atoms with Gasteiger partial charge in [-0.15, -0.1) is 11.8 Å². The third-order valence-corrected chi connectivity index (χ3v) is 5.62. The quantitative estimate of drug-likeness (QED) is 0.523. The van der Waals surface area contributed by atoms with E-state index in [0.29, 0.717) is 37.4 Å². The van der Waals surface area contributed by atoms with Crippen LogP contribution in [0.2, 0.25) is 0 Å². The first-order valence-electron chi connectivity index (χ1n) is 9.29. The van der Waals surface area contributed by atoms with Crippen molar-refractivity contribution in [1.82, 2.24) is 4.90 Å². The topological polar surface area (TPSA) is 49.9 Å². The van der Waals surface area contributed by atoms with E-state index in [0.717, 1.165) is 17.0 Å². The average Bonchev–Trinajstić information content (AvgIpc) is 2.76. The summed E-state index contributed by atoms with van der Waals surface area (Å²) in [5, 5.41) is 0. The van der Waals surface area contributed by atoms with Crippen molar-refractivity contribution < 1.29 is 27.5 Å². The highest BCUT2D eigenvalue weighted by Gasteiger charge is 2.31. The predicted octanol–water partition coefficient (Wildman–Crippen LogP) is 3.93. The fourth-order valence-corrected chi connectivity index (χ4v) is 3.79. The van der Waals surface area contributed by atoms with E-state index in [1.807, 2.05) is 12.3 Å². The Morgan fingerprint density at radius 2 is 1.73 bits per heavy atom. The van der Waals surface area contributed by atoms with Crippen LogP contribution in [0.25, 0.3) is 0 Å². The maximum absolute atomic E-state index is 12.9. The highest BCUT2D eigenvalue weighted by molar-refractivity contribution is 7.98. The Labute approximate surface area is 176 Å². The van der Waals surface area contributed by atoms with E-state index in [1.165, 1.54) is 17.8 Å². The molecule has 0 bridgehead atoms. The number of piperazine rings is 1. The zero-order valence-corrected chi connectivity index (χ0v) is 17.1. The first-order chi connectivity index (χ1) is 14.3. The minimum absolute atomic E-state index is 0.325. The third kappa shape index (κ3) is 5.27. The van der Waals surface area contributed by atoms with E-state index in [4.69, 9.17) is 4.74 Å². The van der Waals surface area contributed by atoms with Crippen LogP contribution in [-0.4, -0.2) is 55.8 Å². The van der Waals surface area contributed by atoms with Crippen LogP contribution in [0.5, 0.6) is 0 Å². The van der Waals surface area contributed by atoms with E-state index in [1.54, 1.807) is 34.1 Å². The Balaban J connectivity index is 1.53. The molecule has 0 aromatic heterocycles. The number of benzene rings is 2. The van der Waals surface area contributed by atoms with Crippen molar-refractivity contribution in [3.63, 3.8) is 0 Å². The zero-order valence-electron chi connectivity index (χ0n) is 16.3. The maximum Gasteiger partial charge on any atom is 0.416 e. The zero-order chi connectivity index (χ0) is 21.7. The van der Waals surface area contributed by atoms with Gasteiger partial charge in [-0.25, -0.2) is 4.79 Å². The lowest BCUT2D eigenvalue weighted by atomic mass is 10.1. The lowest BCUT2D eigenvalue weighted by Crippen LogP contribution is -2.50. The molecule has 0 radical (unpaired) electrons. The van der Waals surface area contributed by atoms with Gasteiger partial charge in [-0.3, -0.25) is 4.79 Å². The van der Waals surface area contributed by atoms with Crippen molar-refractivity contribution in [1.29, 1.82) is 0 Å². The molecule has 1 heterocycles. The Morgan fingerprint density at radius 3 is 2.40 bits per heavy atom. The number of anilines is 1. The summed E-state index contributed by atoms with van der Waals surface area (Å²) in [5.41, 5.74) is 0.181. The van der Waals surface area contributed by atoms with Gasteiger partial charge in [0.1, 0.15) is 0 Å². The second-order valence-electron chi connectivity index (χ2n) is 6.69. The van der Waals surface area contributed by atoms with Gasteiger partial charge in [0.2, 0.25) is 0 Å². The molecule has 160 valence electrons. The van der Waals surface area contributed by atoms with Gasteiger partial charge in [0.15, 0.2) is 6.61 Å². The number of carbonyl (C=O) groups is 2. The molecular formula is C21H21F3N2O3S. The summed E-state index contributed by atoms with van der Waals surface area (Å²) in [6, 6.07) is 12.1. The molecule has 1 aliphatic heterocycles. The van der Waals surface area contributed by atoms with E-state index in [-0.39, 0.29) is 12.5 Å². The monoisotopic (exact) mass is 438 g/mol. The minimum Gasteiger partial charge on any atom is -0.452 e. The van der Waals surface area contributed by atoms with Crippen LogP contribution in [0.15, 0.2) is 53.4 Å². The summed E-state index contributed by atoms with van der Waals surface area (Å²) in [5.74, 6) is -0.885. The highest BCUT2D eigenvalue weighted by atomic mass is 32.2. The van der Waals surface area contributed by atoms with Crippen LogP contribution in [0.4, 0.5) is 18.9 Å². The molecule has 0 N–H and O–H groups in total. The van der Waals surface area contributed by atoms with Crippen molar-refractivity contribution in [2.75, 3.05) is 43.9 Å². The van der Waals surface area contributed by atoms with Crippen LogP contribution in [0.1, 0.15) is 15.9 Å². The van der Waals surface area contributed by atoms with Crippen LogP contribution in [0.3, 0.4) is 0 Å². The number of esters is 1. The second kappa shape index (κ2) is 9.42. The van der Waals surface area contributed by atoms with Gasteiger partial charge >= 0.3 is 12.1 Å². The summed E-state index contributed by atoms with van der Waals surface area (Å²) >= 11 is 1.41. The van der Waals surface area contributed by atoms with E-state index in [2.05, 4.69) is 0 Å². The lowest BCUT2D eigenvalue weighted by molar-refractivity contribution is -0.137. The lowest BCUT2D eigenvalue weighted by Gasteiger charge is -2.36. The SMILES string of the molecule is CSc1ccccc1C(=O)OCC(=O)N1CCN(c2cccc(C(F)(F)F)c2)CC1. The standard InChI is InChI=1S/C21H21F3N2O3S/c1-30-18-8-3-2-7-17(18)20(28)29-14-19(27)26-11-9-25(10-12-26)16-6-4-5-15(13-16)21(22,23)24/h2-8,13H,9-12,14H2,1H3.